The number of nitrogens with zero attached hydrogens (tertiary/aromatic N) is 2. The zero-order valence-electron chi connectivity index (χ0n) is 18.7. The average Bonchev–Trinajstić information content (AvgIpc) is 3.29. The summed E-state index contributed by atoms with van der Waals surface area (Å²) in [6, 6.07) is 14.2. The van der Waals surface area contributed by atoms with Gasteiger partial charge < -0.3 is 19.1 Å². The summed E-state index contributed by atoms with van der Waals surface area (Å²) in [4.78, 5) is 3.98. The molecule has 0 saturated heterocycles. The third kappa shape index (κ3) is 6.50. The molecule has 1 aromatic heterocycles. The number of aromatic nitrogens is 2. The first-order chi connectivity index (χ1) is 15.3. The van der Waals surface area contributed by atoms with Crippen molar-refractivity contribution in [3.05, 3.63) is 76.8 Å². The van der Waals surface area contributed by atoms with E-state index in [0.717, 1.165) is 16.0 Å². The SMILES string of the molecule is C[C@@H](CCl)COc1ccc(C(C)(C)c2ccc(OC[C@@H](O)Cn3ccnc3)cc2)cc1Br. The number of alkyl halides is 1. The van der Waals surface area contributed by atoms with Crippen molar-refractivity contribution in [3.8, 4) is 11.5 Å². The number of hydrogen-bond acceptors (Lipinski definition) is 4. The van der Waals surface area contributed by atoms with Gasteiger partial charge in [0.15, 0.2) is 0 Å². The summed E-state index contributed by atoms with van der Waals surface area (Å²) < 4.78 is 14.4. The molecule has 0 fully saturated rings. The summed E-state index contributed by atoms with van der Waals surface area (Å²) in [6.07, 6.45) is 4.58. The Hall–Kier alpha value is -2.02. The highest BCUT2D eigenvalue weighted by Gasteiger charge is 2.24. The van der Waals surface area contributed by atoms with Crippen LogP contribution in [-0.2, 0) is 12.0 Å². The Morgan fingerprint density at radius 2 is 1.81 bits per heavy atom. The van der Waals surface area contributed by atoms with Crippen LogP contribution in [0, 0.1) is 5.92 Å². The van der Waals surface area contributed by atoms with E-state index in [2.05, 4.69) is 66.0 Å². The second kappa shape index (κ2) is 11.2. The molecule has 3 rings (SSSR count). The first kappa shape index (κ1) is 24.6. The molecule has 172 valence electrons. The molecule has 2 aromatic carbocycles. The lowest BCUT2D eigenvalue weighted by atomic mass is 9.78. The maximum Gasteiger partial charge on any atom is 0.133 e. The van der Waals surface area contributed by atoms with E-state index < -0.39 is 6.10 Å². The van der Waals surface area contributed by atoms with Crippen molar-refractivity contribution in [1.82, 2.24) is 9.55 Å². The van der Waals surface area contributed by atoms with Crippen LogP contribution < -0.4 is 9.47 Å². The molecule has 1 heterocycles. The van der Waals surface area contributed by atoms with E-state index in [0.29, 0.717) is 24.9 Å². The maximum absolute atomic E-state index is 10.2. The fraction of sp³-hybridized carbons (Fsp3) is 0.400. The van der Waals surface area contributed by atoms with Crippen molar-refractivity contribution in [3.63, 3.8) is 0 Å². The van der Waals surface area contributed by atoms with Crippen LogP contribution in [0.5, 0.6) is 11.5 Å². The quantitative estimate of drug-likeness (QED) is 0.331. The number of hydrogen-bond donors (Lipinski definition) is 1. The molecule has 0 amide bonds. The topological polar surface area (TPSA) is 56.5 Å². The van der Waals surface area contributed by atoms with Crippen LogP contribution in [0.1, 0.15) is 31.9 Å². The molecule has 0 bridgehead atoms. The van der Waals surface area contributed by atoms with Gasteiger partial charge in [0.2, 0.25) is 0 Å². The Bertz CT molecular complexity index is 977. The predicted octanol–water partition coefficient (Wildman–Crippen LogP) is 5.67. The Balaban J connectivity index is 1.62. The van der Waals surface area contributed by atoms with E-state index >= 15 is 0 Å². The zero-order valence-corrected chi connectivity index (χ0v) is 21.0. The second-order valence-electron chi connectivity index (χ2n) is 8.59. The highest BCUT2D eigenvalue weighted by molar-refractivity contribution is 9.10. The van der Waals surface area contributed by atoms with Crippen molar-refractivity contribution in [1.29, 1.82) is 0 Å². The molecule has 0 aliphatic carbocycles. The molecule has 1 N–H and O–H groups in total. The van der Waals surface area contributed by atoms with Crippen LogP contribution in [0.4, 0.5) is 0 Å². The number of ether oxygens (including phenoxy) is 2. The van der Waals surface area contributed by atoms with Crippen molar-refractivity contribution < 1.29 is 14.6 Å². The van der Waals surface area contributed by atoms with Gasteiger partial charge in [0.1, 0.15) is 24.2 Å². The van der Waals surface area contributed by atoms with Crippen LogP contribution >= 0.6 is 27.5 Å². The van der Waals surface area contributed by atoms with Crippen molar-refractivity contribution >= 4 is 27.5 Å². The van der Waals surface area contributed by atoms with Crippen LogP contribution in [0.3, 0.4) is 0 Å². The summed E-state index contributed by atoms with van der Waals surface area (Å²) in [7, 11) is 0. The largest absolute Gasteiger partial charge is 0.492 e. The number of benzene rings is 2. The van der Waals surface area contributed by atoms with E-state index in [-0.39, 0.29) is 12.0 Å². The number of aliphatic hydroxyl groups excluding tert-OH is 1. The monoisotopic (exact) mass is 520 g/mol. The van der Waals surface area contributed by atoms with Gasteiger partial charge in [0.25, 0.3) is 0 Å². The predicted molar refractivity (Wildman–Crippen MR) is 132 cm³/mol. The van der Waals surface area contributed by atoms with E-state index in [4.69, 9.17) is 21.1 Å². The van der Waals surface area contributed by atoms with Crippen LogP contribution in [-0.4, -0.2) is 39.9 Å². The zero-order chi connectivity index (χ0) is 23.1. The van der Waals surface area contributed by atoms with Crippen LogP contribution in [0.25, 0.3) is 0 Å². The lowest BCUT2D eigenvalue weighted by molar-refractivity contribution is 0.0924. The van der Waals surface area contributed by atoms with E-state index in [1.165, 1.54) is 11.1 Å². The molecule has 2 atom stereocenters. The van der Waals surface area contributed by atoms with Gasteiger partial charge in [-0.3, -0.25) is 0 Å². The molecule has 0 unspecified atom stereocenters. The van der Waals surface area contributed by atoms with Gasteiger partial charge >= 0.3 is 0 Å². The molecule has 3 aromatic rings. The summed E-state index contributed by atoms with van der Waals surface area (Å²) in [5.41, 5.74) is 2.14. The van der Waals surface area contributed by atoms with Gasteiger partial charge in [0, 0.05) is 29.6 Å². The molecule has 0 saturated carbocycles. The maximum atomic E-state index is 10.2. The third-order valence-corrected chi connectivity index (χ3v) is 6.59. The van der Waals surface area contributed by atoms with Gasteiger partial charge in [-0.15, -0.1) is 11.6 Å². The minimum Gasteiger partial charge on any atom is -0.492 e. The first-order valence-electron chi connectivity index (χ1n) is 10.7. The minimum atomic E-state index is -0.606. The van der Waals surface area contributed by atoms with Crippen molar-refractivity contribution in [2.45, 2.75) is 38.8 Å². The van der Waals surface area contributed by atoms with Gasteiger partial charge in [-0.2, -0.15) is 0 Å². The van der Waals surface area contributed by atoms with Crippen LogP contribution in [0.15, 0.2) is 65.7 Å². The Morgan fingerprint density at radius 3 is 2.44 bits per heavy atom. The Morgan fingerprint density at radius 1 is 1.09 bits per heavy atom. The number of halogens is 2. The molecule has 0 aliphatic heterocycles. The minimum absolute atomic E-state index is 0.204. The standard InChI is InChI=1S/C25H30BrClN2O3/c1-18(13-27)15-32-24-9-6-20(12-23(24)26)25(2,3)19-4-7-22(8-5-19)31-16-21(30)14-29-11-10-28-17-29/h4-12,17-18,21,30H,13-16H2,1-3H3/t18-,21-/m0/s1. The average molecular weight is 522 g/mol. The fourth-order valence-electron chi connectivity index (χ4n) is 3.30. The summed E-state index contributed by atoms with van der Waals surface area (Å²) in [5.74, 6) is 2.42. The highest BCUT2D eigenvalue weighted by Crippen LogP contribution is 2.36. The summed E-state index contributed by atoms with van der Waals surface area (Å²) in [6.45, 7) is 7.70. The van der Waals surface area contributed by atoms with Crippen molar-refractivity contribution in [2.75, 3.05) is 19.1 Å². The van der Waals surface area contributed by atoms with Gasteiger partial charge in [0.05, 0.1) is 24.0 Å². The Labute approximate surface area is 203 Å². The molecule has 0 spiro atoms. The van der Waals surface area contributed by atoms with E-state index in [1.54, 1.807) is 12.5 Å². The molecular formula is C25H30BrClN2O3. The molecule has 0 aliphatic rings. The van der Waals surface area contributed by atoms with E-state index in [1.807, 2.05) is 29.0 Å². The lowest BCUT2D eigenvalue weighted by Crippen LogP contribution is -2.23. The smallest absolute Gasteiger partial charge is 0.133 e. The summed E-state index contributed by atoms with van der Waals surface area (Å²) >= 11 is 9.51. The van der Waals surface area contributed by atoms with Gasteiger partial charge in [-0.05, 0) is 51.3 Å². The number of rotatable bonds is 11. The molecule has 32 heavy (non-hydrogen) atoms. The molecule has 7 heteroatoms. The number of imidazole rings is 1. The molecule has 0 radical (unpaired) electrons. The van der Waals surface area contributed by atoms with Gasteiger partial charge in [-0.25, -0.2) is 4.98 Å². The summed E-state index contributed by atoms with van der Waals surface area (Å²) in [5, 5.41) is 10.2. The number of aliphatic hydroxyl groups is 1. The highest BCUT2D eigenvalue weighted by atomic mass is 79.9. The van der Waals surface area contributed by atoms with Gasteiger partial charge in [-0.1, -0.05) is 39.0 Å². The fourth-order valence-corrected chi connectivity index (χ4v) is 3.88. The van der Waals surface area contributed by atoms with E-state index in [9.17, 15) is 5.11 Å². The first-order valence-corrected chi connectivity index (χ1v) is 12.0. The molecule has 5 nitrogen and oxygen atoms in total. The Kier molecular flexibility index (Phi) is 8.63. The second-order valence-corrected chi connectivity index (χ2v) is 9.75. The normalized spacial score (nSPS) is 13.6. The molecular weight excluding hydrogens is 492 g/mol. The lowest BCUT2D eigenvalue weighted by Gasteiger charge is -2.27. The van der Waals surface area contributed by atoms with Crippen molar-refractivity contribution in [2.24, 2.45) is 5.92 Å². The third-order valence-electron chi connectivity index (χ3n) is 5.44. The van der Waals surface area contributed by atoms with Crippen LogP contribution in [0.2, 0.25) is 0 Å².